The van der Waals surface area contributed by atoms with E-state index in [9.17, 15) is 9.59 Å². The summed E-state index contributed by atoms with van der Waals surface area (Å²) in [6.07, 6.45) is 48.0. The van der Waals surface area contributed by atoms with Crippen LogP contribution in [-0.2, 0) is 19.1 Å². The molecule has 1 unspecified atom stereocenters. The molecule has 0 aliphatic heterocycles. The van der Waals surface area contributed by atoms with Crippen LogP contribution >= 0.6 is 0 Å². The Kier molecular flexibility index (Phi) is 42.6. The number of allylic oxidation sites excluding steroid dienone is 4. The lowest BCUT2D eigenvalue weighted by atomic mass is 10.1. The van der Waals surface area contributed by atoms with Gasteiger partial charge in [0.2, 0.25) is 5.91 Å². The quantitative estimate of drug-likeness (QED) is 0.0324. The highest BCUT2D eigenvalue weighted by Gasteiger charge is 2.19. The van der Waals surface area contributed by atoms with Gasteiger partial charge in [0.25, 0.3) is 0 Å². The van der Waals surface area contributed by atoms with Gasteiger partial charge in [0, 0.05) is 13.0 Å². The number of esters is 1. The molecule has 0 aliphatic rings. The Morgan fingerprint density at radius 2 is 0.963 bits per heavy atom. The third kappa shape index (κ3) is 40.0. The van der Waals surface area contributed by atoms with E-state index in [1.54, 1.807) is 0 Å². The Labute approximate surface area is 335 Å². The van der Waals surface area contributed by atoms with Gasteiger partial charge < -0.3 is 26.3 Å². The number of hydrogen-bond acceptors (Lipinski definition) is 6. The van der Waals surface area contributed by atoms with E-state index in [-0.39, 0.29) is 24.3 Å². The van der Waals surface area contributed by atoms with Gasteiger partial charge in [-0.25, -0.2) is 0 Å². The van der Waals surface area contributed by atoms with E-state index in [1.165, 1.54) is 154 Å². The molecule has 0 fully saturated rings. The Hall–Kier alpha value is -1.70. The molecule has 0 radical (unpaired) electrons. The van der Waals surface area contributed by atoms with E-state index in [1.807, 2.05) is 0 Å². The second-order valence-electron chi connectivity index (χ2n) is 15.8. The minimum atomic E-state index is -0.576. The van der Waals surface area contributed by atoms with E-state index < -0.39 is 6.04 Å². The SMILES string of the molecule is CCCCCCCC/C=C\CCCCCCCCOCC(CCC(=O)OCCCCCCCC/C=C\CCCCCCCC)NC(=O)[C@@H](N)CCCCN. The molecule has 1 amide bonds. The lowest BCUT2D eigenvalue weighted by molar-refractivity contribution is -0.144. The van der Waals surface area contributed by atoms with Gasteiger partial charge in [0.05, 0.1) is 25.3 Å². The van der Waals surface area contributed by atoms with Crippen molar-refractivity contribution in [2.45, 2.75) is 238 Å². The number of carbonyl (C=O) groups excluding carboxylic acids is 2. The molecular weight excluding hydrogens is 671 g/mol. The van der Waals surface area contributed by atoms with Crippen LogP contribution in [0.25, 0.3) is 0 Å². The van der Waals surface area contributed by atoms with Gasteiger partial charge in [-0.05, 0) is 90.0 Å². The summed E-state index contributed by atoms with van der Waals surface area (Å²) in [4.78, 5) is 25.3. The molecule has 5 N–H and O–H groups in total. The zero-order valence-corrected chi connectivity index (χ0v) is 35.9. The van der Waals surface area contributed by atoms with Crippen LogP contribution in [0.15, 0.2) is 24.3 Å². The monoisotopic (exact) mass is 762 g/mol. The molecule has 0 rings (SSSR count). The normalized spacial score (nSPS) is 12.9. The van der Waals surface area contributed by atoms with Crippen LogP contribution in [0.1, 0.15) is 226 Å². The Bertz CT molecular complexity index is 849. The highest BCUT2D eigenvalue weighted by molar-refractivity contribution is 5.81. The summed E-state index contributed by atoms with van der Waals surface area (Å²) in [6.45, 7) is 6.65. The molecule has 0 saturated heterocycles. The molecule has 0 saturated carbocycles. The molecule has 7 heteroatoms. The number of carbonyl (C=O) groups is 2. The number of nitrogens with two attached hydrogens (primary N) is 2. The van der Waals surface area contributed by atoms with Crippen molar-refractivity contribution >= 4 is 11.9 Å². The maximum Gasteiger partial charge on any atom is 0.305 e. The minimum absolute atomic E-state index is 0.185. The Morgan fingerprint density at radius 3 is 1.43 bits per heavy atom. The number of nitrogens with one attached hydrogen (secondary N) is 1. The van der Waals surface area contributed by atoms with Crippen LogP contribution in [0.5, 0.6) is 0 Å². The zero-order chi connectivity index (χ0) is 39.4. The zero-order valence-electron chi connectivity index (χ0n) is 35.9. The van der Waals surface area contributed by atoms with E-state index in [4.69, 9.17) is 20.9 Å². The van der Waals surface area contributed by atoms with Gasteiger partial charge in [-0.15, -0.1) is 0 Å². The van der Waals surface area contributed by atoms with Gasteiger partial charge in [-0.1, -0.05) is 160 Å². The first-order chi connectivity index (χ1) is 26.5. The van der Waals surface area contributed by atoms with Crippen molar-refractivity contribution in [3.05, 3.63) is 24.3 Å². The number of unbranched alkanes of at least 4 members (excludes halogenated alkanes) is 25. The van der Waals surface area contributed by atoms with Crippen LogP contribution in [0.3, 0.4) is 0 Å². The largest absolute Gasteiger partial charge is 0.466 e. The summed E-state index contributed by atoms with van der Waals surface area (Å²) in [6, 6.07) is -0.835. The third-order valence-corrected chi connectivity index (χ3v) is 10.4. The molecule has 54 heavy (non-hydrogen) atoms. The molecular formula is C47H91N3O4. The third-order valence-electron chi connectivity index (χ3n) is 10.4. The van der Waals surface area contributed by atoms with Crippen molar-refractivity contribution in [1.29, 1.82) is 0 Å². The highest BCUT2D eigenvalue weighted by Crippen LogP contribution is 2.13. The second kappa shape index (κ2) is 44.0. The highest BCUT2D eigenvalue weighted by atomic mass is 16.5. The van der Waals surface area contributed by atoms with Gasteiger partial charge in [-0.2, -0.15) is 0 Å². The van der Waals surface area contributed by atoms with Gasteiger partial charge >= 0.3 is 5.97 Å². The lowest BCUT2D eigenvalue weighted by Gasteiger charge is -2.21. The van der Waals surface area contributed by atoms with Crippen molar-refractivity contribution in [3.8, 4) is 0 Å². The van der Waals surface area contributed by atoms with E-state index in [0.29, 0.717) is 39.2 Å². The van der Waals surface area contributed by atoms with Crippen LogP contribution in [0.4, 0.5) is 0 Å². The maximum absolute atomic E-state index is 12.8. The summed E-state index contributed by atoms with van der Waals surface area (Å²) < 4.78 is 11.5. The summed E-state index contributed by atoms with van der Waals surface area (Å²) in [5.74, 6) is -0.391. The fourth-order valence-corrected chi connectivity index (χ4v) is 6.72. The van der Waals surface area contributed by atoms with Crippen LogP contribution in [-0.4, -0.2) is 50.3 Å². The standard InChI is InChI=1S/C47H91N3O4/c1-3-5-7-9-11-13-15-17-19-21-23-25-27-29-31-35-41-53-43-44(50-47(52)45(49)37-33-34-40-48)38-39-46(51)54-42-36-32-30-28-26-24-22-20-18-16-14-12-10-8-6-4-2/h17-20,44-45H,3-16,21-43,48-49H2,1-2H3,(H,50,52)/b19-17-,20-18-/t44?,45-/m0/s1. The average Bonchev–Trinajstić information content (AvgIpc) is 3.17. The molecule has 0 aromatic heterocycles. The van der Waals surface area contributed by atoms with Gasteiger partial charge in [0.15, 0.2) is 0 Å². The van der Waals surface area contributed by atoms with E-state index in [0.717, 1.165) is 38.5 Å². The summed E-state index contributed by atoms with van der Waals surface area (Å²) in [5.41, 5.74) is 11.7. The van der Waals surface area contributed by atoms with Gasteiger partial charge in [-0.3, -0.25) is 9.59 Å². The van der Waals surface area contributed by atoms with Gasteiger partial charge in [0.1, 0.15) is 0 Å². The molecule has 0 aliphatic carbocycles. The second-order valence-corrected chi connectivity index (χ2v) is 15.8. The summed E-state index contributed by atoms with van der Waals surface area (Å²) in [7, 11) is 0. The van der Waals surface area contributed by atoms with Crippen molar-refractivity contribution in [1.82, 2.24) is 5.32 Å². The first kappa shape index (κ1) is 52.3. The van der Waals surface area contributed by atoms with Crippen molar-refractivity contribution < 1.29 is 19.1 Å². The first-order valence-electron chi connectivity index (χ1n) is 23.3. The predicted molar refractivity (Wildman–Crippen MR) is 233 cm³/mol. The molecule has 0 bridgehead atoms. The maximum atomic E-state index is 12.8. The van der Waals surface area contributed by atoms with Crippen LogP contribution in [0.2, 0.25) is 0 Å². The topological polar surface area (TPSA) is 117 Å². The number of amides is 1. The predicted octanol–water partition coefficient (Wildman–Crippen LogP) is 12.3. The number of hydrogen-bond donors (Lipinski definition) is 3. The average molecular weight is 762 g/mol. The first-order valence-corrected chi connectivity index (χ1v) is 23.3. The molecule has 7 nitrogen and oxygen atoms in total. The summed E-state index contributed by atoms with van der Waals surface area (Å²) >= 11 is 0. The number of rotatable bonds is 43. The summed E-state index contributed by atoms with van der Waals surface area (Å²) in [5, 5.41) is 3.04. The molecule has 2 atom stereocenters. The number of ether oxygens (including phenoxy) is 2. The van der Waals surface area contributed by atoms with Crippen LogP contribution < -0.4 is 16.8 Å². The fraction of sp³-hybridized carbons (Fsp3) is 0.872. The van der Waals surface area contributed by atoms with Crippen LogP contribution in [0, 0.1) is 0 Å². The van der Waals surface area contributed by atoms with Crippen molar-refractivity contribution in [2.75, 3.05) is 26.4 Å². The molecule has 0 spiro atoms. The Morgan fingerprint density at radius 1 is 0.537 bits per heavy atom. The molecule has 0 aromatic rings. The van der Waals surface area contributed by atoms with E-state index in [2.05, 4.69) is 43.5 Å². The molecule has 0 aromatic carbocycles. The minimum Gasteiger partial charge on any atom is -0.466 e. The molecule has 0 heterocycles. The molecule has 318 valence electrons. The van der Waals surface area contributed by atoms with E-state index >= 15 is 0 Å². The van der Waals surface area contributed by atoms with Crippen molar-refractivity contribution in [3.63, 3.8) is 0 Å². The fourth-order valence-electron chi connectivity index (χ4n) is 6.72. The van der Waals surface area contributed by atoms with Crippen molar-refractivity contribution in [2.24, 2.45) is 11.5 Å². The smallest absolute Gasteiger partial charge is 0.305 e. The lowest BCUT2D eigenvalue weighted by Crippen LogP contribution is -2.47. The Balaban J connectivity index is 4.08.